The molecule has 11 nitrogen and oxygen atoms in total. The second-order valence-electron chi connectivity index (χ2n) is 7.47. The molecule has 0 aliphatic carbocycles. The fourth-order valence-electron chi connectivity index (χ4n) is 4.10. The molecule has 3 aromatic heterocycles. The Morgan fingerprint density at radius 2 is 2.00 bits per heavy atom. The quantitative estimate of drug-likeness (QED) is 0.686. The lowest BCUT2D eigenvalue weighted by Gasteiger charge is -2.38. The molecule has 11 heteroatoms. The predicted octanol–water partition coefficient (Wildman–Crippen LogP) is 0.948. The minimum absolute atomic E-state index is 0.0409. The number of hydrogen-bond donors (Lipinski definition) is 1. The van der Waals surface area contributed by atoms with Crippen LogP contribution in [0.1, 0.15) is 29.8 Å². The molecule has 0 aromatic carbocycles. The van der Waals surface area contributed by atoms with E-state index in [2.05, 4.69) is 30.3 Å². The number of hydrogen-bond acceptors (Lipinski definition) is 8. The van der Waals surface area contributed by atoms with Gasteiger partial charge in [0.1, 0.15) is 17.8 Å². The van der Waals surface area contributed by atoms with Crippen LogP contribution < -0.4 is 4.90 Å². The second kappa shape index (κ2) is 6.92. The largest absolute Gasteiger partial charge is 0.476 e. The fraction of sp³-hybridized carbons (Fsp3) is 0.444. The smallest absolute Gasteiger partial charge is 0.356 e. The predicted molar refractivity (Wildman–Crippen MR) is 100 cm³/mol. The van der Waals surface area contributed by atoms with E-state index in [1.54, 1.807) is 12.3 Å². The van der Waals surface area contributed by atoms with Crippen LogP contribution in [0.5, 0.6) is 0 Å². The van der Waals surface area contributed by atoms with E-state index in [1.165, 1.54) is 28.1 Å². The Morgan fingerprint density at radius 3 is 2.69 bits per heavy atom. The third kappa shape index (κ3) is 3.12. The molecule has 2 saturated heterocycles. The second-order valence-corrected chi connectivity index (χ2v) is 7.47. The van der Waals surface area contributed by atoms with Crippen molar-refractivity contribution in [1.82, 2.24) is 34.7 Å². The van der Waals surface area contributed by atoms with Crippen LogP contribution in [-0.2, 0) is 4.74 Å². The number of carbonyl (C=O) groups is 1. The zero-order valence-electron chi connectivity index (χ0n) is 15.7. The van der Waals surface area contributed by atoms with Gasteiger partial charge in [0.05, 0.1) is 25.2 Å². The van der Waals surface area contributed by atoms with Gasteiger partial charge in [-0.05, 0) is 24.7 Å². The van der Waals surface area contributed by atoms with Crippen LogP contribution in [0.25, 0.3) is 11.5 Å². The summed E-state index contributed by atoms with van der Waals surface area (Å²) >= 11 is 0. The first kappa shape index (κ1) is 17.7. The van der Waals surface area contributed by atoms with Gasteiger partial charge in [-0.3, -0.25) is 0 Å². The van der Waals surface area contributed by atoms with E-state index in [-0.39, 0.29) is 5.69 Å². The molecule has 5 rings (SSSR count). The van der Waals surface area contributed by atoms with Crippen LogP contribution in [0.15, 0.2) is 31.0 Å². The summed E-state index contributed by atoms with van der Waals surface area (Å²) in [6.45, 7) is 3.46. The lowest BCUT2D eigenvalue weighted by atomic mass is 9.78. The minimum Gasteiger partial charge on any atom is -0.476 e. The molecule has 0 unspecified atom stereocenters. The van der Waals surface area contributed by atoms with Gasteiger partial charge >= 0.3 is 5.97 Å². The van der Waals surface area contributed by atoms with Gasteiger partial charge in [0.15, 0.2) is 11.5 Å². The molecule has 0 radical (unpaired) electrons. The van der Waals surface area contributed by atoms with Crippen molar-refractivity contribution in [3.63, 3.8) is 0 Å². The van der Waals surface area contributed by atoms with Crippen molar-refractivity contribution >= 4 is 11.8 Å². The summed E-state index contributed by atoms with van der Waals surface area (Å²) in [6.07, 6.45) is 9.16. The number of nitrogens with zero attached hydrogens (tertiary/aromatic N) is 8. The minimum atomic E-state index is -1.13. The van der Waals surface area contributed by atoms with Gasteiger partial charge in [-0.15, -0.1) is 5.10 Å². The third-order valence-electron chi connectivity index (χ3n) is 5.81. The molecule has 150 valence electrons. The highest BCUT2D eigenvalue weighted by atomic mass is 16.5. The van der Waals surface area contributed by atoms with Crippen molar-refractivity contribution in [3.05, 3.63) is 36.7 Å². The summed E-state index contributed by atoms with van der Waals surface area (Å²) < 4.78 is 8.26. The summed E-state index contributed by atoms with van der Waals surface area (Å²) in [5.41, 5.74) is 0.578. The molecule has 1 N–H and O–H groups in total. The van der Waals surface area contributed by atoms with Crippen molar-refractivity contribution in [2.24, 2.45) is 5.41 Å². The van der Waals surface area contributed by atoms with E-state index in [1.807, 2.05) is 0 Å². The van der Waals surface area contributed by atoms with Crippen LogP contribution in [0.4, 0.5) is 5.82 Å². The Balaban J connectivity index is 1.44. The Morgan fingerprint density at radius 1 is 1.17 bits per heavy atom. The molecule has 3 aromatic rings. The van der Waals surface area contributed by atoms with E-state index < -0.39 is 5.97 Å². The number of carboxylic acid groups (broad SMARTS) is 1. The summed E-state index contributed by atoms with van der Waals surface area (Å²) in [5.74, 6) is 0.0236. The Labute approximate surface area is 165 Å². The SMILES string of the molecule is O=C(O)c1c(-n2ccnn2)cnn1-c1cc(N2CCC3(CCOC3)CC2)ncn1. The molecule has 0 bridgehead atoms. The van der Waals surface area contributed by atoms with Crippen LogP contribution >= 0.6 is 0 Å². The maximum absolute atomic E-state index is 11.9. The lowest BCUT2D eigenvalue weighted by Crippen LogP contribution is -2.40. The highest BCUT2D eigenvalue weighted by molar-refractivity contribution is 5.90. The number of rotatable bonds is 4. The average Bonchev–Trinajstić information content (AvgIpc) is 3.49. The molecule has 5 heterocycles. The molecular weight excluding hydrogens is 376 g/mol. The standard InChI is InChI=1S/C18H20N8O3/c27-17(28)16-13(25-7-4-21-23-25)10-22-26(16)15-9-14(19-12-20-15)24-5-1-18(2-6-24)3-8-29-11-18/h4,7,9-10,12H,1-3,5-6,8,11H2,(H,27,28). The highest BCUT2D eigenvalue weighted by Gasteiger charge is 2.38. The number of piperidine rings is 1. The third-order valence-corrected chi connectivity index (χ3v) is 5.81. The van der Waals surface area contributed by atoms with Crippen molar-refractivity contribution in [2.75, 3.05) is 31.2 Å². The van der Waals surface area contributed by atoms with Gasteiger partial charge in [0.25, 0.3) is 0 Å². The first-order valence-electron chi connectivity index (χ1n) is 9.48. The molecule has 0 saturated carbocycles. The van der Waals surface area contributed by atoms with E-state index in [0.717, 1.165) is 51.4 Å². The Bertz CT molecular complexity index is 1020. The van der Waals surface area contributed by atoms with Crippen molar-refractivity contribution in [3.8, 4) is 11.5 Å². The van der Waals surface area contributed by atoms with E-state index in [0.29, 0.717) is 16.9 Å². The molecule has 2 aliphatic rings. The number of carboxylic acids is 1. The summed E-state index contributed by atoms with van der Waals surface area (Å²) in [7, 11) is 0. The molecule has 0 atom stereocenters. The van der Waals surface area contributed by atoms with Gasteiger partial charge in [0, 0.05) is 25.8 Å². The zero-order valence-corrected chi connectivity index (χ0v) is 15.7. The maximum Gasteiger partial charge on any atom is 0.356 e. The molecule has 1 spiro atoms. The van der Waals surface area contributed by atoms with Gasteiger partial charge in [-0.25, -0.2) is 24.1 Å². The van der Waals surface area contributed by atoms with Gasteiger partial charge < -0.3 is 14.7 Å². The van der Waals surface area contributed by atoms with E-state index in [4.69, 9.17) is 4.74 Å². The molecular formula is C18H20N8O3. The molecule has 2 aliphatic heterocycles. The number of aromatic carboxylic acids is 1. The molecule has 0 amide bonds. The van der Waals surface area contributed by atoms with Crippen LogP contribution in [-0.4, -0.2) is 72.1 Å². The fourth-order valence-corrected chi connectivity index (χ4v) is 4.10. The summed E-state index contributed by atoms with van der Waals surface area (Å²) in [5, 5.41) is 21.6. The molecule has 2 fully saturated rings. The van der Waals surface area contributed by atoms with Crippen LogP contribution in [0, 0.1) is 5.41 Å². The van der Waals surface area contributed by atoms with Crippen molar-refractivity contribution in [2.45, 2.75) is 19.3 Å². The van der Waals surface area contributed by atoms with Crippen molar-refractivity contribution in [1.29, 1.82) is 0 Å². The maximum atomic E-state index is 11.9. The van der Waals surface area contributed by atoms with Gasteiger partial charge in [-0.1, -0.05) is 5.21 Å². The molecule has 29 heavy (non-hydrogen) atoms. The first-order valence-corrected chi connectivity index (χ1v) is 9.48. The Kier molecular flexibility index (Phi) is 4.23. The number of anilines is 1. The summed E-state index contributed by atoms with van der Waals surface area (Å²) in [4.78, 5) is 22.8. The monoisotopic (exact) mass is 396 g/mol. The first-order chi connectivity index (χ1) is 14.2. The van der Waals surface area contributed by atoms with Gasteiger partial charge in [-0.2, -0.15) is 5.10 Å². The van der Waals surface area contributed by atoms with E-state index in [9.17, 15) is 9.90 Å². The van der Waals surface area contributed by atoms with Gasteiger partial charge in [0.2, 0.25) is 0 Å². The summed E-state index contributed by atoms with van der Waals surface area (Å²) in [6, 6.07) is 1.77. The number of ether oxygens (including phenoxy) is 1. The van der Waals surface area contributed by atoms with Crippen LogP contribution in [0.3, 0.4) is 0 Å². The Hall–Kier alpha value is -3.34. The topological polar surface area (TPSA) is 124 Å². The lowest BCUT2D eigenvalue weighted by molar-refractivity contribution is 0.0686. The van der Waals surface area contributed by atoms with Crippen molar-refractivity contribution < 1.29 is 14.6 Å². The highest BCUT2D eigenvalue weighted by Crippen LogP contribution is 2.39. The number of aromatic nitrogens is 7. The zero-order chi connectivity index (χ0) is 19.8. The average molecular weight is 396 g/mol. The van der Waals surface area contributed by atoms with E-state index >= 15 is 0 Å². The normalized spacial score (nSPS) is 18.4. The van der Waals surface area contributed by atoms with Crippen LogP contribution in [0.2, 0.25) is 0 Å².